The van der Waals surface area contributed by atoms with E-state index in [2.05, 4.69) is 5.32 Å². The minimum atomic E-state index is -0.695. The van der Waals surface area contributed by atoms with Crippen LogP contribution in [-0.4, -0.2) is 36.4 Å². The molecule has 1 atom stereocenters. The minimum Gasteiger partial charge on any atom is -0.484 e. The molecular formula is C21H23Cl3N2O3. The predicted molar refractivity (Wildman–Crippen MR) is 117 cm³/mol. The maximum Gasteiger partial charge on any atom is 0.261 e. The molecule has 0 fully saturated rings. The number of aryl methyl sites for hydroxylation is 2. The van der Waals surface area contributed by atoms with Crippen molar-refractivity contribution in [1.82, 2.24) is 10.2 Å². The summed E-state index contributed by atoms with van der Waals surface area (Å²) in [6.07, 6.45) is 0. The number of rotatable bonds is 7. The molecule has 0 saturated carbocycles. The van der Waals surface area contributed by atoms with E-state index in [1.165, 1.54) is 11.9 Å². The molecular weight excluding hydrogens is 435 g/mol. The molecule has 0 aliphatic rings. The molecule has 1 N–H and O–H groups in total. The average Bonchev–Trinajstić information content (AvgIpc) is 2.69. The van der Waals surface area contributed by atoms with Gasteiger partial charge in [0.25, 0.3) is 5.91 Å². The maximum atomic E-state index is 12.9. The summed E-state index contributed by atoms with van der Waals surface area (Å²) in [5.74, 6) is -0.0751. The molecule has 2 rings (SSSR count). The van der Waals surface area contributed by atoms with Gasteiger partial charge in [-0.25, -0.2) is 0 Å². The SMILES string of the molecule is CNC(=O)[C@H](C)N(Cc1ccc(Cl)c(Cl)c1)C(=O)COc1cc(C)c(Cl)c(C)c1. The van der Waals surface area contributed by atoms with E-state index < -0.39 is 6.04 Å². The van der Waals surface area contributed by atoms with Crippen LogP contribution in [-0.2, 0) is 16.1 Å². The zero-order valence-corrected chi connectivity index (χ0v) is 19.0. The Labute approximate surface area is 185 Å². The van der Waals surface area contributed by atoms with Crippen LogP contribution in [0.2, 0.25) is 15.1 Å². The van der Waals surface area contributed by atoms with Crippen molar-refractivity contribution >= 4 is 46.6 Å². The standard InChI is InChI=1S/C21H23Cl3N2O3/c1-12-7-16(8-13(2)20(12)24)29-11-19(27)26(14(3)21(28)25-4)10-15-5-6-17(22)18(23)9-15/h5-9,14H,10-11H2,1-4H3,(H,25,28)/t14-/m0/s1. The van der Waals surface area contributed by atoms with E-state index in [9.17, 15) is 9.59 Å². The summed E-state index contributed by atoms with van der Waals surface area (Å²) in [7, 11) is 1.52. The topological polar surface area (TPSA) is 58.6 Å². The number of carbonyl (C=O) groups is 2. The van der Waals surface area contributed by atoms with Crippen LogP contribution in [0.4, 0.5) is 0 Å². The molecule has 0 aromatic heterocycles. The van der Waals surface area contributed by atoms with Crippen LogP contribution in [0.5, 0.6) is 5.75 Å². The van der Waals surface area contributed by atoms with Crippen molar-refractivity contribution in [2.24, 2.45) is 0 Å². The average molecular weight is 458 g/mol. The van der Waals surface area contributed by atoms with Crippen LogP contribution in [0.15, 0.2) is 30.3 Å². The number of likely N-dealkylation sites (N-methyl/N-ethyl adjacent to an activating group) is 1. The molecule has 2 aromatic carbocycles. The van der Waals surface area contributed by atoms with E-state index in [0.717, 1.165) is 16.7 Å². The van der Waals surface area contributed by atoms with E-state index in [-0.39, 0.29) is 25.0 Å². The van der Waals surface area contributed by atoms with Gasteiger partial charge in [-0.2, -0.15) is 0 Å². The number of benzene rings is 2. The first kappa shape index (κ1) is 23.3. The molecule has 2 aromatic rings. The number of halogens is 3. The summed E-state index contributed by atoms with van der Waals surface area (Å²) in [5.41, 5.74) is 2.47. The van der Waals surface area contributed by atoms with E-state index in [4.69, 9.17) is 39.5 Å². The largest absolute Gasteiger partial charge is 0.484 e. The molecule has 0 unspecified atom stereocenters. The number of hydrogen-bond acceptors (Lipinski definition) is 3. The van der Waals surface area contributed by atoms with Crippen molar-refractivity contribution in [1.29, 1.82) is 0 Å². The Hall–Kier alpha value is -1.95. The molecule has 0 aliphatic heterocycles. The third-order valence-corrected chi connectivity index (χ3v) is 5.86. The van der Waals surface area contributed by atoms with Crippen LogP contribution in [0, 0.1) is 13.8 Å². The fraction of sp³-hybridized carbons (Fsp3) is 0.333. The number of ether oxygens (including phenoxy) is 1. The zero-order valence-electron chi connectivity index (χ0n) is 16.7. The molecule has 29 heavy (non-hydrogen) atoms. The lowest BCUT2D eigenvalue weighted by Crippen LogP contribution is -2.48. The predicted octanol–water partition coefficient (Wildman–Crippen LogP) is 4.81. The molecule has 0 bridgehead atoms. The lowest BCUT2D eigenvalue weighted by molar-refractivity contribution is -0.142. The normalized spacial score (nSPS) is 11.7. The lowest BCUT2D eigenvalue weighted by Gasteiger charge is -2.28. The Bertz CT molecular complexity index is 895. The summed E-state index contributed by atoms with van der Waals surface area (Å²) < 4.78 is 5.68. The van der Waals surface area contributed by atoms with Crippen LogP contribution in [0.25, 0.3) is 0 Å². The Morgan fingerprint density at radius 2 is 1.69 bits per heavy atom. The molecule has 5 nitrogen and oxygen atoms in total. The number of hydrogen-bond donors (Lipinski definition) is 1. The van der Waals surface area contributed by atoms with Crippen molar-refractivity contribution in [3.63, 3.8) is 0 Å². The first-order valence-corrected chi connectivity index (χ1v) is 10.1. The van der Waals surface area contributed by atoms with Gasteiger partial charge in [-0.3, -0.25) is 9.59 Å². The van der Waals surface area contributed by atoms with Gasteiger partial charge in [0.2, 0.25) is 5.91 Å². The third kappa shape index (κ3) is 6.01. The Kier molecular flexibility index (Phi) is 8.20. The second-order valence-electron chi connectivity index (χ2n) is 6.72. The number of nitrogens with one attached hydrogen (secondary N) is 1. The van der Waals surface area contributed by atoms with Crippen LogP contribution < -0.4 is 10.1 Å². The van der Waals surface area contributed by atoms with Crippen molar-refractivity contribution in [2.75, 3.05) is 13.7 Å². The summed E-state index contributed by atoms with van der Waals surface area (Å²) in [6, 6.07) is 7.94. The highest BCUT2D eigenvalue weighted by atomic mass is 35.5. The number of nitrogens with zero attached hydrogens (tertiary/aromatic N) is 1. The van der Waals surface area contributed by atoms with E-state index >= 15 is 0 Å². The van der Waals surface area contributed by atoms with Crippen LogP contribution in [0.3, 0.4) is 0 Å². The highest BCUT2D eigenvalue weighted by molar-refractivity contribution is 6.42. The van der Waals surface area contributed by atoms with Crippen molar-refractivity contribution in [3.05, 3.63) is 62.1 Å². The monoisotopic (exact) mass is 456 g/mol. The van der Waals surface area contributed by atoms with Gasteiger partial charge >= 0.3 is 0 Å². The zero-order chi connectivity index (χ0) is 21.7. The lowest BCUT2D eigenvalue weighted by atomic mass is 10.1. The fourth-order valence-electron chi connectivity index (χ4n) is 2.84. The summed E-state index contributed by atoms with van der Waals surface area (Å²) in [5, 5.41) is 4.03. The molecule has 0 spiro atoms. The van der Waals surface area contributed by atoms with Crippen molar-refractivity contribution in [2.45, 2.75) is 33.4 Å². The van der Waals surface area contributed by atoms with Crippen LogP contribution >= 0.6 is 34.8 Å². The summed E-state index contributed by atoms with van der Waals surface area (Å²) in [4.78, 5) is 26.5. The van der Waals surface area contributed by atoms with Gasteiger partial charge in [-0.15, -0.1) is 0 Å². The van der Waals surface area contributed by atoms with Gasteiger partial charge in [-0.1, -0.05) is 40.9 Å². The Morgan fingerprint density at radius 3 is 2.24 bits per heavy atom. The maximum absolute atomic E-state index is 12.9. The van der Waals surface area contributed by atoms with Gasteiger partial charge < -0.3 is 15.0 Å². The van der Waals surface area contributed by atoms with E-state index in [1.807, 2.05) is 13.8 Å². The summed E-state index contributed by atoms with van der Waals surface area (Å²) in [6.45, 7) is 5.36. The van der Waals surface area contributed by atoms with E-state index in [1.54, 1.807) is 37.3 Å². The Balaban J connectivity index is 2.19. The molecule has 156 valence electrons. The molecule has 0 heterocycles. The highest BCUT2D eigenvalue weighted by Gasteiger charge is 2.26. The molecule has 0 radical (unpaired) electrons. The van der Waals surface area contributed by atoms with Gasteiger partial charge in [0.1, 0.15) is 11.8 Å². The second kappa shape index (κ2) is 10.2. The van der Waals surface area contributed by atoms with Gasteiger partial charge in [0.15, 0.2) is 6.61 Å². The molecule has 0 saturated heterocycles. The first-order valence-electron chi connectivity index (χ1n) is 8.98. The molecule has 8 heteroatoms. The van der Waals surface area contributed by atoms with Gasteiger partial charge in [0.05, 0.1) is 10.0 Å². The molecule has 2 amide bonds. The number of carbonyl (C=O) groups excluding carboxylic acids is 2. The van der Waals surface area contributed by atoms with Crippen LogP contribution in [0.1, 0.15) is 23.6 Å². The van der Waals surface area contributed by atoms with Gasteiger partial charge in [0, 0.05) is 18.6 Å². The third-order valence-electron chi connectivity index (χ3n) is 4.52. The second-order valence-corrected chi connectivity index (χ2v) is 7.91. The van der Waals surface area contributed by atoms with Crippen molar-refractivity contribution in [3.8, 4) is 5.75 Å². The summed E-state index contributed by atoms with van der Waals surface area (Å²) >= 11 is 18.2. The first-order chi connectivity index (χ1) is 13.6. The fourth-order valence-corrected chi connectivity index (χ4v) is 3.27. The molecule has 0 aliphatic carbocycles. The minimum absolute atomic E-state index is 0.187. The number of amides is 2. The van der Waals surface area contributed by atoms with E-state index in [0.29, 0.717) is 20.8 Å². The smallest absolute Gasteiger partial charge is 0.261 e. The van der Waals surface area contributed by atoms with Crippen molar-refractivity contribution < 1.29 is 14.3 Å². The quantitative estimate of drug-likeness (QED) is 0.649. The Morgan fingerprint density at radius 1 is 1.07 bits per heavy atom. The van der Waals surface area contributed by atoms with Gasteiger partial charge in [-0.05, 0) is 61.7 Å². The highest BCUT2D eigenvalue weighted by Crippen LogP contribution is 2.26.